The Hall–Kier alpha value is -2.09. The number of carbonyl (C=O) groups is 3. The van der Waals surface area contributed by atoms with E-state index in [0.717, 1.165) is 0 Å². The zero-order chi connectivity index (χ0) is 16.1. The second-order valence-electron chi connectivity index (χ2n) is 4.70. The predicted octanol–water partition coefficient (Wildman–Crippen LogP) is 1.23. The summed E-state index contributed by atoms with van der Waals surface area (Å²) in [5.74, 6) is -0.895. The summed E-state index contributed by atoms with van der Waals surface area (Å²) in [6.45, 7) is 1.26. The molecule has 1 heterocycles. The van der Waals surface area contributed by atoms with Crippen molar-refractivity contribution in [3.05, 3.63) is 30.1 Å². The Kier molecular flexibility index (Phi) is 5.37. The summed E-state index contributed by atoms with van der Waals surface area (Å²) in [4.78, 5) is 36.3. The maximum absolute atomic E-state index is 12.8. The highest BCUT2D eigenvalue weighted by atomic mass is 32.2. The Morgan fingerprint density at radius 3 is 2.68 bits per heavy atom. The second kappa shape index (κ2) is 7.26. The first-order chi connectivity index (χ1) is 10.5. The summed E-state index contributed by atoms with van der Waals surface area (Å²) >= 11 is 1.42. The standard InChI is InChI=1S/C14H15FN2O4S/c1-9(14(20)16-11-4-2-10(15)3-5-11)21-13(19)6-17-8-22-7-12(17)18/h2-5,9H,6-8H2,1H3,(H,16,20). The van der Waals surface area contributed by atoms with Crippen molar-refractivity contribution in [1.29, 1.82) is 0 Å². The minimum Gasteiger partial charge on any atom is -0.451 e. The number of benzene rings is 1. The first-order valence-corrected chi connectivity index (χ1v) is 7.72. The minimum atomic E-state index is -1.01. The lowest BCUT2D eigenvalue weighted by Crippen LogP contribution is -2.36. The van der Waals surface area contributed by atoms with Crippen molar-refractivity contribution in [1.82, 2.24) is 4.90 Å². The lowest BCUT2D eigenvalue weighted by atomic mass is 10.3. The fourth-order valence-corrected chi connectivity index (χ4v) is 2.67. The van der Waals surface area contributed by atoms with Crippen molar-refractivity contribution in [3.63, 3.8) is 0 Å². The molecule has 2 amide bonds. The van der Waals surface area contributed by atoms with E-state index in [1.54, 1.807) is 0 Å². The Morgan fingerprint density at radius 2 is 2.09 bits per heavy atom. The van der Waals surface area contributed by atoms with Crippen LogP contribution in [0.4, 0.5) is 10.1 Å². The van der Waals surface area contributed by atoms with Gasteiger partial charge in [-0.25, -0.2) is 4.39 Å². The van der Waals surface area contributed by atoms with Crippen LogP contribution in [0.5, 0.6) is 0 Å². The van der Waals surface area contributed by atoms with E-state index in [1.165, 1.54) is 47.9 Å². The van der Waals surface area contributed by atoms with Gasteiger partial charge in [-0.3, -0.25) is 14.4 Å². The van der Waals surface area contributed by atoms with Crippen molar-refractivity contribution >= 4 is 35.2 Å². The van der Waals surface area contributed by atoms with Gasteiger partial charge >= 0.3 is 5.97 Å². The van der Waals surface area contributed by atoms with Gasteiger partial charge in [-0.1, -0.05) is 0 Å². The van der Waals surface area contributed by atoms with Gasteiger partial charge in [0.2, 0.25) is 5.91 Å². The van der Waals surface area contributed by atoms with Gasteiger partial charge in [-0.05, 0) is 31.2 Å². The molecule has 0 aliphatic carbocycles. The molecule has 0 saturated carbocycles. The molecule has 0 spiro atoms. The molecule has 1 fully saturated rings. The van der Waals surface area contributed by atoms with Gasteiger partial charge in [0.25, 0.3) is 5.91 Å². The van der Waals surface area contributed by atoms with Crippen molar-refractivity contribution < 1.29 is 23.5 Å². The van der Waals surface area contributed by atoms with Crippen LogP contribution in [0.3, 0.4) is 0 Å². The number of nitrogens with one attached hydrogen (secondary N) is 1. The number of ether oxygens (including phenoxy) is 1. The van der Waals surface area contributed by atoms with Gasteiger partial charge in [0.15, 0.2) is 6.10 Å². The van der Waals surface area contributed by atoms with Crippen molar-refractivity contribution in [3.8, 4) is 0 Å². The highest BCUT2D eigenvalue weighted by molar-refractivity contribution is 8.00. The average Bonchev–Trinajstić information content (AvgIpc) is 2.86. The summed E-state index contributed by atoms with van der Waals surface area (Å²) in [5.41, 5.74) is 0.403. The molecule has 2 rings (SSSR count). The molecule has 0 radical (unpaired) electrons. The van der Waals surface area contributed by atoms with E-state index in [1.807, 2.05) is 0 Å². The number of thioether (sulfide) groups is 1. The van der Waals surface area contributed by atoms with Crippen LogP contribution in [0.2, 0.25) is 0 Å². The summed E-state index contributed by atoms with van der Waals surface area (Å²) < 4.78 is 17.8. The fourth-order valence-electron chi connectivity index (χ4n) is 1.76. The monoisotopic (exact) mass is 326 g/mol. The molecule has 6 nitrogen and oxygen atoms in total. The molecule has 22 heavy (non-hydrogen) atoms. The molecule has 8 heteroatoms. The number of halogens is 1. The topological polar surface area (TPSA) is 75.7 Å². The first kappa shape index (κ1) is 16.3. The molecular weight excluding hydrogens is 311 g/mol. The quantitative estimate of drug-likeness (QED) is 0.824. The summed E-state index contributed by atoms with van der Waals surface area (Å²) in [6.07, 6.45) is -1.01. The first-order valence-electron chi connectivity index (χ1n) is 6.57. The van der Waals surface area contributed by atoms with Crippen LogP contribution in [0, 0.1) is 5.82 Å². The van der Waals surface area contributed by atoms with E-state index in [-0.39, 0.29) is 12.5 Å². The van der Waals surface area contributed by atoms with Crippen LogP contribution < -0.4 is 5.32 Å². The Labute approximate surface area is 131 Å². The average molecular weight is 326 g/mol. The van der Waals surface area contributed by atoms with Gasteiger partial charge in [-0.15, -0.1) is 11.8 Å². The third-order valence-electron chi connectivity index (χ3n) is 2.93. The number of amides is 2. The Morgan fingerprint density at radius 1 is 1.41 bits per heavy atom. The zero-order valence-corrected chi connectivity index (χ0v) is 12.7. The number of anilines is 1. The molecule has 1 aliphatic heterocycles. The van der Waals surface area contributed by atoms with Crippen molar-refractivity contribution in [2.75, 3.05) is 23.5 Å². The van der Waals surface area contributed by atoms with Gasteiger partial charge in [-0.2, -0.15) is 0 Å². The number of hydrogen-bond acceptors (Lipinski definition) is 5. The molecule has 1 N–H and O–H groups in total. The lowest BCUT2D eigenvalue weighted by Gasteiger charge is -2.17. The zero-order valence-electron chi connectivity index (χ0n) is 11.9. The van der Waals surface area contributed by atoms with Gasteiger partial charge in [0.1, 0.15) is 12.4 Å². The highest BCUT2D eigenvalue weighted by Crippen LogP contribution is 2.14. The second-order valence-corrected chi connectivity index (χ2v) is 5.65. The largest absolute Gasteiger partial charge is 0.451 e. The van der Waals surface area contributed by atoms with Crippen LogP contribution in [-0.2, 0) is 19.1 Å². The smallest absolute Gasteiger partial charge is 0.326 e. The van der Waals surface area contributed by atoms with Crippen molar-refractivity contribution in [2.24, 2.45) is 0 Å². The van der Waals surface area contributed by atoms with E-state index in [4.69, 9.17) is 4.74 Å². The van der Waals surface area contributed by atoms with Gasteiger partial charge in [0.05, 0.1) is 11.6 Å². The molecule has 0 bridgehead atoms. The van der Waals surface area contributed by atoms with Crippen LogP contribution in [0.1, 0.15) is 6.92 Å². The van der Waals surface area contributed by atoms with Gasteiger partial charge in [0, 0.05) is 5.69 Å². The van der Waals surface area contributed by atoms with Crippen LogP contribution >= 0.6 is 11.8 Å². The van der Waals surface area contributed by atoms with E-state index in [2.05, 4.69) is 5.32 Å². The molecule has 1 aromatic carbocycles. The molecule has 0 aromatic heterocycles. The Balaban J connectivity index is 1.81. The summed E-state index contributed by atoms with van der Waals surface area (Å²) in [6, 6.07) is 5.23. The van der Waals surface area contributed by atoms with E-state index >= 15 is 0 Å². The van der Waals surface area contributed by atoms with E-state index in [9.17, 15) is 18.8 Å². The SMILES string of the molecule is CC(OC(=O)CN1CSCC1=O)C(=O)Nc1ccc(F)cc1. The van der Waals surface area contributed by atoms with Crippen molar-refractivity contribution in [2.45, 2.75) is 13.0 Å². The Bertz CT molecular complexity index is 579. The molecule has 1 unspecified atom stereocenters. The third-order valence-corrected chi connectivity index (χ3v) is 3.88. The minimum absolute atomic E-state index is 0.120. The van der Waals surface area contributed by atoms with Crippen LogP contribution in [0.15, 0.2) is 24.3 Å². The maximum atomic E-state index is 12.8. The summed E-state index contributed by atoms with van der Waals surface area (Å²) in [5, 5.41) is 2.51. The third kappa shape index (κ3) is 4.45. The molecule has 1 aliphatic rings. The predicted molar refractivity (Wildman–Crippen MR) is 79.6 cm³/mol. The van der Waals surface area contributed by atoms with Gasteiger partial charge < -0.3 is 15.0 Å². The van der Waals surface area contributed by atoms with Crippen LogP contribution in [-0.4, -0.2) is 47.0 Å². The number of esters is 1. The molecule has 1 saturated heterocycles. The summed E-state index contributed by atoms with van der Waals surface area (Å²) in [7, 11) is 0. The molecule has 1 atom stereocenters. The number of hydrogen-bond donors (Lipinski definition) is 1. The molecular formula is C14H15FN2O4S. The number of nitrogens with zero attached hydrogens (tertiary/aromatic N) is 1. The number of carbonyl (C=O) groups excluding carboxylic acids is 3. The lowest BCUT2D eigenvalue weighted by molar-refractivity contribution is -0.155. The van der Waals surface area contributed by atoms with E-state index in [0.29, 0.717) is 17.3 Å². The molecule has 118 valence electrons. The normalized spacial score (nSPS) is 15.5. The van der Waals surface area contributed by atoms with E-state index < -0.39 is 23.8 Å². The highest BCUT2D eigenvalue weighted by Gasteiger charge is 2.25. The van der Waals surface area contributed by atoms with Crippen LogP contribution in [0.25, 0.3) is 0 Å². The maximum Gasteiger partial charge on any atom is 0.326 e. The number of rotatable bonds is 5. The molecule has 1 aromatic rings. The fraction of sp³-hybridized carbons (Fsp3) is 0.357.